The molecule has 2 amide bonds. The van der Waals surface area contributed by atoms with E-state index in [0.717, 1.165) is 0 Å². The first-order valence-corrected chi connectivity index (χ1v) is 9.38. The predicted octanol–water partition coefficient (Wildman–Crippen LogP) is 5.14. The van der Waals surface area contributed by atoms with Crippen LogP contribution in [0.3, 0.4) is 0 Å². The van der Waals surface area contributed by atoms with Crippen LogP contribution < -0.4 is 5.32 Å². The number of rotatable bonds is 3. The summed E-state index contributed by atoms with van der Waals surface area (Å²) in [5.41, 5.74) is 1.22. The molecule has 1 N–H and O–H groups in total. The van der Waals surface area contributed by atoms with Gasteiger partial charge in [-0.25, -0.2) is 0 Å². The Morgan fingerprint density at radius 3 is 2.19 bits per heavy atom. The van der Waals surface area contributed by atoms with Crippen molar-refractivity contribution in [1.82, 2.24) is 4.90 Å². The Morgan fingerprint density at radius 1 is 0.923 bits per heavy atom. The molecular weight excluding hydrogens is 395 g/mol. The fourth-order valence-electron chi connectivity index (χ4n) is 2.94. The Morgan fingerprint density at radius 2 is 1.58 bits per heavy atom. The summed E-state index contributed by atoms with van der Waals surface area (Å²) < 4.78 is 0. The summed E-state index contributed by atoms with van der Waals surface area (Å²) >= 11 is 17.7. The van der Waals surface area contributed by atoms with Gasteiger partial charge in [-0.05, 0) is 55.3 Å². The summed E-state index contributed by atoms with van der Waals surface area (Å²) in [4.78, 5) is 26.7. The van der Waals surface area contributed by atoms with E-state index in [0.29, 0.717) is 52.2 Å². The van der Waals surface area contributed by atoms with Gasteiger partial charge < -0.3 is 10.2 Å². The monoisotopic (exact) mass is 410 g/mol. The van der Waals surface area contributed by atoms with E-state index in [9.17, 15) is 9.59 Å². The van der Waals surface area contributed by atoms with Crippen LogP contribution in [0, 0.1) is 5.92 Å². The van der Waals surface area contributed by atoms with Gasteiger partial charge in [0.1, 0.15) is 0 Å². The average Bonchev–Trinajstić information content (AvgIpc) is 2.65. The maximum Gasteiger partial charge on any atom is 0.253 e. The first-order chi connectivity index (χ1) is 12.4. The Bertz CT molecular complexity index is 816. The van der Waals surface area contributed by atoms with Crippen molar-refractivity contribution in [3.63, 3.8) is 0 Å². The molecule has 0 unspecified atom stereocenters. The molecule has 26 heavy (non-hydrogen) atoms. The predicted molar refractivity (Wildman–Crippen MR) is 105 cm³/mol. The van der Waals surface area contributed by atoms with Crippen molar-refractivity contribution in [2.24, 2.45) is 5.92 Å². The highest BCUT2D eigenvalue weighted by Gasteiger charge is 2.28. The van der Waals surface area contributed by atoms with Crippen LogP contribution in [0.2, 0.25) is 15.1 Å². The van der Waals surface area contributed by atoms with Gasteiger partial charge in [-0.2, -0.15) is 0 Å². The topological polar surface area (TPSA) is 49.4 Å². The number of nitrogens with zero attached hydrogens (tertiary/aromatic N) is 1. The van der Waals surface area contributed by atoms with E-state index in [2.05, 4.69) is 5.32 Å². The van der Waals surface area contributed by atoms with Crippen molar-refractivity contribution >= 4 is 52.3 Å². The van der Waals surface area contributed by atoms with Gasteiger partial charge in [0, 0.05) is 35.3 Å². The number of nitrogens with one attached hydrogen (secondary N) is 1. The van der Waals surface area contributed by atoms with Gasteiger partial charge in [0.2, 0.25) is 5.91 Å². The van der Waals surface area contributed by atoms with Crippen molar-refractivity contribution in [1.29, 1.82) is 0 Å². The Balaban J connectivity index is 1.55. The Hall–Kier alpha value is -1.75. The quantitative estimate of drug-likeness (QED) is 0.760. The third-order valence-electron chi connectivity index (χ3n) is 4.43. The Labute approximate surface area is 167 Å². The second-order valence-corrected chi connectivity index (χ2v) is 7.44. The number of likely N-dealkylation sites (tertiary alicyclic amines) is 1. The summed E-state index contributed by atoms with van der Waals surface area (Å²) in [5.74, 6) is -0.245. The summed E-state index contributed by atoms with van der Waals surface area (Å²) in [7, 11) is 0. The van der Waals surface area contributed by atoms with Gasteiger partial charge in [-0.3, -0.25) is 9.59 Å². The molecule has 7 heteroatoms. The molecule has 136 valence electrons. The van der Waals surface area contributed by atoms with E-state index in [-0.39, 0.29) is 17.7 Å². The molecule has 1 heterocycles. The minimum absolute atomic E-state index is 0.0370. The van der Waals surface area contributed by atoms with Crippen LogP contribution in [0.4, 0.5) is 5.69 Å². The second-order valence-electron chi connectivity index (χ2n) is 6.19. The smallest absolute Gasteiger partial charge is 0.253 e. The molecule has 4 nitrogen and oxygen atoms in total. The van der Waals surface area contributed by atoms with Crippen LogP contribution in [0.25, 0.3) is 0 Å². The molecule has 1 fully saturated rings. The van der Waals surface area contributed by atoms with Crippen LogP contribution in [-0.2, 0) is 4.79 Å². The number of anilines is 1. The van der Waals surface area contributed by atoms with Gasteiger partial charge in [0.05, 0.1) is 10.0 Å². The van der Waals surface area contributed by atoms with Gasteiger partial charge >= 0.3 is 0 Å². The lowest BCUT2D eigenvalue weighted by Crippen LogP contribution is -2.41. The average molecular weight is 412 g/mol. The molecule has 0 bridgehead atoms. The highest BCUT2D eigenvalue weighted by atomic mass is 35.5. The van der Waals surface area contributed by atoms with Crippen molar-refractivity contribution in [2.45, 2.75) is 12.8 Å². The lowest BCUT2D eigenvalue weighted by Gasteiger charge is -2.31. The van der Waals surface area contributed by atoms with E-state index < -0.39 is 0 Å². The third kappa shape index (κ3) is 4.50. The largest absolute Gasteiger partial charge is 0.339 e. The minimum atomic E-state index is -0.140. The minimum Gasteiger partial charge on any atom is -0.339 e. The fourth-order valence-corrected chi connectivity index (χ4v) is 3.36. The van der Waals surface area contributed by atoms with Crippen molar-refractivity contribution in [3.8, 4) is 0 Å². The SMILES string of the molecule is O=C(Nc1ccc(Cl)c(Cl)c1)C1CCN(C(=O)c2ccc(Cl)cc2)CC1. The van der Waals surface area contributed by atoms with Crippen LogP contribution >= 0.6 is 34.8 Å². The number of piperidine rings is 1. The molecule has 0 spiro atoms. The van der Waals surface area contributed by atoms with Gasteiger partial charge in [-0.1, -0.05) is 34.8 Å². The molecule has 1 saturated heterocycles. The first-order valence-electron chi connectivity index (χ1n) is 8.25. The number of halogens is 3. The van der Waals surface area contributed by atoms with E-state index in [1.807, 2.05) is 0 Å². The zero-order valence-corrected chi connectivity index (χ0v) is 16.1. The molecule has 0 aromatic heterocycles. The molecular formula is C19H17Cl3N2O2. The highest BCUT2D eigenvalue weighted by Crippen LogP contribution is 2.26. The number of amides is 2. The number of carbonyl (C=O) groups is 2. The zero-order valence-electron chi connectivity index (χ0n) is 13.8. The van der Waals surface area contributed by atoms with Crippen LogP contribution in [-0.4, -0.2) is 29.8 Å². The number of hydrogen-bond donors (Lipinski definition) is 1. The molecule has 0 saturated carbocycles. The number of carbonyl (C=O) groups excluding carboxylic acids is 2. The van der Waals surface area contributed by atoms with Crippen LogP contribution in [0.1, 0.15) is 23.2 Å². The standard InChI is InChI=1S/C19H17Cl3N2O2/c20-14-3-1-13(2-4-14)19(26)24-9-7-12(8-10-24)18(25)23-15-5-6-16(21)17(22)11-15/h1-6,11-12H,7-10H2,(H,23,25). The summed E-state index contributed by atoms with van der Waals surface area (Å²) in [6.07, 6.45) is 1.24. The summed E-state index contributed by atoms with van der Waals surface area (Å²) in [6, 6.07) is 11.8. The van der Waals surface area contributed by atoms with Crippen molar-refractivity contribution < 1.29 is 9.59 Å². The molecule has 0 aliphatic carbocycles. The van der Waals surface area contributed by atoms with Crippen LogP contribution in [0.15, 0.2) is 42.5 Å². The molecule has 1 aliphatic rings. The molecule has 1 aliphatic heterocycles. The number of hydrogen-bond acceptors (Lipinski definition) is 2. The Kier molecular flexibility index (Phi) is 6.07. The van der Waals surface area contributed by atoms with E-state index in [1.165, 1.54) is 0 Å². The summed E-state index contributed by atoms with van der Waals surface area (Å²) in [6.45, 7) is 1.09. The fraction of sp³-hybridized carbons (Fsp3) is 0.263. The lowest BCUT2D eigenvalue weighted by molar-refractivity contribution is -0.121. The molecule has 2 aromatic rings. The highest BCUT2D eigenvalue weighted by molar-refractivity contribution is 6.42. The van der Waals surface area contributed by atoms with Crippen LogP contribution in [0.5, 0.6) is 0 Å². The second kappa shape index (κ2) is 8.30. The summed E-state index contributed by atoms with van der Waals surface area (Å²) in [5, 5.41) is 4.30. The van der Waals surface area contributed by atoms with E-state index >= 15 is 0 Å². The van der Waals surface area contributed by atoms with Gasteiger partial charge in [-0.15, -0.1) is 0 Å². The molecule has 3 rings (SSSR count). The molecule has 0 atom stereocenters. The van der Waals surface area contributed by atoms with Crippen molar-refractivity contribution in [2.75, 3.05) is 18.4 Å². The van der Waals surface area contributed by atoms with Gasteiger partial charge in [0.15, 0.2) is 0 Å². The number of benzene rings is 2. The van der Waals surface area contributed by atoms with Crippen molar-refractivity contribution in [3.05, 3.63) is 63.1 Å². The van der Waals surface area contributed by atoms with Gasteiger partial charge in [0.25, 0.3) is 5.91 Å². The molecule has 2 aromatic carbocycles. The maximum atomic E-state index is 12.5. The van der Waals surface area contributed by atoms with E-state index in [4.69, 9.17) is 34.8 Å². The van der Waals surface area contributed by atoms with E-state index in [1.54, 1.807) is 47.4 Å². The normalized spacial score (nSPS) is 15.0. The molecule has 0 radical (unpaired) electrons. The third-order valence-corrected chi connectivity index (χ3v) is 5.42. The zero-order chi connectivity index (χ0) is 18.7. The maximum absolute atomic E-state index is 12.5. The first kappa shape index (κ1) is 19.0. The lowest BCUT2D eigenvalue weighted by atomic mass is 9.95.